The van der Waals surface area contributed by atoms with Crippen LogP contribution >= 0.6 is 0 Å². The largest absolute Gasteiger partial charge is 0.374 e. The number of allylic oxidation sites excluding steroid dienone is 1. The van der Waals surface area contributed by atoms with Crippen molar-refractivity contribution in [3.63, 3.8) is 0 Å². The van der Waals surface area contributed by atoms with Crippen LogP contribution in [0.15, 0.2) is 66.9 Å². The van der Waals surface area contributed by atoms with Gasteiger partial charge in [0.15, 0.2) is 0 Å². The minimum absolute atomic E-state index is 0.0145. The number of rotatable bonds is 6. The van der Waals surface area contributed by atoms with Crippen molar-refractivity contribution >= 4 is 6.08 Å². The van der Waals surface area contributed by atoms with Crippen LogP contribution < -0.4 is 0 Å². The highest BCUT2D eigenvalue weighted by Gasteiger charge is 2.32. The third-order valence-electron chi connectivity index (χ3n) is 5.39. The van der Waals surface area contributed by atoms with Crippen LogP contribution in [0.3, 0.4) is 0 Å². The smallest absolute Gasteiger partial charge is 0.123 e. The van der Waals surface area contributed by atoms with Crippen LogP contribution in [0.4, 0.5) is 4.39 Å². The molecule has 28 heavy (non-hydrogen) atoms. The van der Waals surface area contributed by atoms with E-state index in [-0.39, 0.29) is 17.3 Å². The normalized spacial score (nSPS) is 19.4. The summed E-state index contributed by atoms with van der Waals surface area (Å²) in [4.78, 5) is 0. The zero-order chi connectivity index (χ0) is 19.6. The average molecular weight is 376 g/mol. The number of ether oxygens (including phenoxy) is 1. The molecule has 0 radical (unpaired) electrons. The predicted octanol–water partition coefficient (Wildman–Crippen LogP) is 5.75. The van der Waals surface area contributed by atoms with Crippen molar-refractivity contribution in [1.29, 1.82) is 0 Å². The summed E-state index contributed by atoms with van der Waals surface area (Å²) >= 11 is 0. The molecule has 0 N–H and O–H groups in total. The molecule has 0 saturated carbocycles. The molecule has 4 rings (SSSR count). The zero-order valence-electron chi connectivity index (χ0n) is 16.3. The van der Waals surface area contributed by atoms with Crippen LogP contribution in [0, 0.1) is 11.2 Å². The average Bonchev–Trinajstić information content (AvgIpc) is 3.11. The molecule has 144 valence electrons. The fourth-order valence-corrected chi connectivity index (χ4v) is 3.97. The summed E-state index contributed by atoms with van der Waals surface area (Å²) in [6.45, 7) is 5.00. The second kappa shape index (κ2) is 7.72. The number of benzene rings is 2. The Kier molecular flexibility index (Phi) is 5.14. The van der Waals surface area contributed by atoms with Gasteiger partial charge in [0.1, 0.15) is 5.82 Å². The topological polar surface area (TPSA) is 27.1 Å². The van der Waals surface area contributed by atoms with Crippen LogP contribution in [0.1, 0.15) is 43.2 Å². The fourth-order valence-electron chi connectivity index (χ4n) is 3.97. The minimum atomic E-state index is -0.240. The van der Waals surface area contributed by atoms with Crippen molar-refractivity contribution in [2.75, 3.05) is 6.61 Å². The zero-order valence-corrected chi connectivity index (χ0v) is 16.3. The van der Waals surface area contributed by atoms with E-state index in [2.05, 4.69) is 48.4 Å². The molecule has 2 atom stereocenters. The SMILES string of the molecule is CCO[C@H](CC1(C)C=Cc2c(cnn2-c2ccc(F)cc2)C1)c1ccccc1. The molecule has 0 saturated heterocycles. The molecule has 1 unspecified atom stereocenters. The Balaban J connectivity index is 1.58. The molecule has 3 aromatic rings. The van der Waals surface area contributed by atoms with Gasteiger partial charge in [-0.1, -0.05) is 43.3 Å². The van der Waals surface area contributed by atoms with E-state index < -0.39 is 0 Å². The third kappa shape index (κ3) is 3.78. The number of hydrogen-bond donors (Lipinski definition) is 0. The second-order valence-corrected chi connectivity index (χ2v) is 7.67. The van der Waals surface area contributed by atoms with Crippen molar-refractivity contribution in [3.05, 3.63) is 89.5 Å². The van der Waals surface area contributed by atoms with E-state index in [1.165, 1.54) is 23.3 Å². The van der Waals surface area contributed by atoms with E-state index in [1.807, 2.05) is 23.9 Å². The van der Waals surface area contributed by atoms with Gasteiger partial charge in [-0.05, 0) is 66.6 Å². The van der Waals surface area contributed by atoms with Gasteiger partial charge in [0, 0.05) is 6.61 Å². The highest BCUT2D eigenvalue weighted by atomic mass is 19.1. The Bertz CT molecular complexity index is 962. The van der Waals surface area contributed by atoms with Gasteiger partial charge in [0.2, 0.25) is 0 Å². The number of fused-ring (bicyclic) bond motifs is 1. The second-order valence-electron chi connectivity index (χ2n) is 7.67. The lowest BCUT2D eigenvalue weighted by Gasteiger charge is -2.33. The molecule has 4 heteroatoms. The van der Waals surface area contributed by atoms with E-state index >= 15 is 0 Å². The van der Waals surface area contributed by atoms with E-state index in [4.69, 9.17) is 4.74 Å². The van der Waals surface area contributed by atoms with Crippen molar-refractivity contribution in [2.24, 2.45) is 5.41 Å². The number of halogens is 1. The number of aromatic nitrogens is 2. The van der Waals surface area contributed by atoms with E-state index in [0.717, 1.165) is 24.2 Å². The molecule has 0 spiro atoms. The summed E-state index contributed by atoms with van der Waals surface area (Å²) in [5.41, 5.74) is 4.34. The van der Waals surface area contributed by atoms with Gasteiger partial charge in [-0.2, -0.15) is 5.10 Å². The predicted molar refractivity (Wildman–Crippen MR) is 110 cm³/mol. The summed E-state index contributed by atoms with van der Waals surface area (Å²) in [6, 6.07) is 16.9. The maximum Gasteiger partial charge on any atom is 0.123 e. The molecular weight excluding hydrogens is 351 g/mol. The summed E-state index contributed by atoms with van der Waals surface area (Å²) in [5.74, 6) is -0.240. The van der Waals surface area contributed by atoms with Gasteiger partial charge in [0.25, 0.3) is 0 Å². The molecule has 1 aromatic heterocycles. The first-order valence-electron chi connectivity index (χ1n) is 9.76. The van der Waals surface area contributed by atoms with Gasteiger partial charge >= 0.3 is 0 Å². The van der Waals surface area contributed by atoms with E-state index in [1.54, 1.807) is 12.1 Å². The monoisotopic (exact) mass is 376 g/mol. The quantitative estimate of drug-likeness (QED) is 0.547. The number of nitrogens with zero attached hydrogens (tertiary/aromatic N) is 2. The van der Waals surface area contributed by atoms with Crippen LogP contribution in [0.2, 0.25) is 0 Å². The fraction of sp³-hybridized carbons (Fsp3) is 0.292. The Hall–Kier alpha value is -2.72. The summed E-state index contributed by atoms with van der Waals surface area (Å²) in [7, 11) is 0. The van der Waals surface area contributed by atoms with Crippen LogP contribution in [0.25, 0.3) is 11.8 Å². The van der Waals surface area contributed by atoms with Gasteiger partial charge in [-0.3, -0.25) is 0 Å². The maximum absolute atomic E-state index is 13.2. The minimum Gasteiger partial charge on any atom is -0.374 e. The molecule has 2 aromatic carbocycles. The van der Waals surface area contributed by atoms with E-state index in [0.29, 0.717) is 6.61 Å². The molecule has 0 fully saturated rings. The molecule has 0 amide bonds. The standard InChI is InChI=1S/C24H25FN2O/c1-3-28-23(18-7-5-4-6-8-18)16-24(2)14-13-22-19(15-24)17-26-27(22)21-11-9-20(25)10-12-21/h4-14,17,23H,3,15-16H2,1-2H3/t23-,24?/m1/s1. The summed E-state index contributed by atoms with van der Waals surface area (Å²) < 4.78 is 21.2. The lowest BCUT2D eigenvalue weighted by atomic mass is 9.75. The van der Waals surface area contributed by atoms with Crippen LogP contribution in [0.5, 0.6) is 0 Å². The highest BCUT2D eigenvalue weighted by molar-refractivity contribution is 5.57. The van der Waals surface area contributed by atoms with Gasteiger partial charge < -0.3 is 4.74 Å². The first kappa shape index (κ1) is 18.6. The summed E-state index contributed by atoms with van der Waals surface area (Å²) in [5, 5.41) is 4.55. The Morgan fingerprint density at radius 1 is 1.14 bits per heavy atom. The van der Waals surface area contributed by atoms with Crippen LogP contribution in [-0.2, 0) is 11.2 Å². The van der Waals surface area contributed by atoms with Crippen molar-refractivity contribution < 1.29 is 9.13 Å². The van der Waals surface area contributed by atoms with Crippen molar-refractivity contribution in [1.82, 2.24) is 9.78 Å². The Morgan fingerprint density at radius 3 is 2.61 bits per heavy atom. The van der Waals surface area contributed by atoms with Crippen molar-refractivity contribution in [2.45, 2.75) is 32.8 Å². The third-order valence-corrected chi connectivity index (χ3v) is 5.39. The van der Waals surface area contributed by atoms with Crippen molar-refractivity contribution in [3.8, 4) is 5.69 Å². The molecule has 1 heterocycles. The van der Waals surface area contributed by atoms with E-state index in [9.17, 15) is 4.39 Å². The Labute approximate surface area is 165 Å². The molecule has 3 nitrogen and oxygen atoms in total. The van der Waals surface area contributed by atoms with Gasteiger partial charge in [0.05, 0.1) is 23.7 Å². The van der Waals surface area contributed by atoms with Crippen LogP contribution in [-0.4, -0.2) is 16.4 Å². The molecule has 0 bridgehead atoms. The first-order valence-corrected chi connectivity index (χ1v) is 9.76. The molecule has 0 aliphatic heterocycles. The lowest BCUT2D eigenvalue weighted by molar-refractivity contribution is 0.0345. The maximum atomic E-state index is 13.2. The first-order chi connectivity index (χ1) is 13.6. The Morgan fingerprint density at radius 2 is 1.89 bits per heavy atom. The summed E-state index contributed by atoms with van der Waals surface area (Å²) in [6.07, 6.45) is 8.21. The molecular formula is C24H25FN2O. The van der Waals surface area contributed by atoms with Gasteiger partial charge in [-0.15, -0.1) is 0 Å². The molecule has 1 aliphatic carbocycles. The molecule has 1 aliphatic rings. The highest BCUT2D eigenvalue weighted by Crippen LogP contribution is 2.41. The van der Waals surface area contributed by atoms with Gasteiger partial charge in [-0.25, -0.2) is 9.07 Å². The lowest BCUT2D eigenvalue weighted by Crippen LogP contribution is -2.24. The number of hydrogen-bond acceptors (Lipinski definition) is 2.